The number of benzene rings is 1. The van der Waals surface area contributed by atoms with Gasteiger partial charge in [-0.3, -0.25) is 4.79 Å². The minimum atomic E-state index is -1.30. The molecule has 0 aliphatic heterocycles. The first-order chi connectivity index (χ1) is 9.06. The average molecular weight is 259 g/mol. The van der Waals surface area contributed by atoms with Crippen LogP contribution in [0.4, 0.5) is 0 Å². The van der Waals surface area contributed by atoms with Gasteiger partial charge in [-0.25, -0.2) is 4.79 Å². The minimum Gasteiger partial charge on any atom is -0.507 e. The van der Waals surface area contributed by atoms with E-state index in [0.29, 0.717) is 16.8 Å². The van der Waals surface area contributed by atoms with Gasteiger partial charge in [0.05, 0.1) is 5.52 Å². The molecule has 5 nitrogen and oxygen atoms in total. The Morgan fingerprint density at radius 1 is 1.26 bits per heavy atom. The number of carboxylic acid groups (broad SMARTS) is 1. The zero-order valence-electron chi connectivity index (χ0n) is 10.1. The van der Waals surface area contributed by atoms with Gasteiger partial charge < -0.3 is 15.2 Å². The van der Waals surface area contributed by atoms with Gasteiger partial charge in [-0.1, -0.05) is 6.42 Å². The number of carbonyl (C=O) groups is 1. The van der Waals surface area contributed by atoms with Crippen LogP contribution >= 0.6 is 0 Å². The third-order valence-corrected chi connectivity index (χ3v) is 3.77. The van der Waals surface area contributed by atoms with Crippen molar-refractivity contribution in [3.8, 4) is 5.75 Å². The van der Waals surface area contributed by atoms with Crippen molar-refractivity contribution in [1.29, 1.82) is 0 Å². The van der Waals surface area contributed by atoms with Crippen LogP contribution in [-0.2, 0) is 0 Å². The van der Waals surface area contributed by atoms with Crippen molar-refractivity contribution in [3.05, 3.63) is 39.7 Å². The first-order valence-electron chi connectivity index (χ1n) is 6.19. The Bertz CT molecular complexity index is 728. The number of H-pyrrole nitrogens is 1. The van der Waals surface area contributed by atoms with E-state index < -0.39 is 11.5 Å². The molecule has 3 rings (SSSR count). The molecule has 1 aliphatic rings. The van der Waals surface area contributed by atoms with Crippen LogP contribution in [-0.4, -0.2) is 21.2 Å². The van der Waals surface area contributed by atoms with Gasteiger partial charge in [-0.15, -0.1) is 0 Å². The number of fused-ring (bicyclic) bond motifs is 1. The average Bonchev–Trinajstić information content (AvgIpc) is 2.25. The number of phenols is 1. The summed E-state index contributed by atoms with van der Waals surface area (Å²) in [6.45, 7) is 0. The molecule has 3 N–H and O–H groups in total. The molecule has 0 bridgehead atoms. The summed E-state index contributed by atoms with van der Waals surface area (Å²) in [4.78, 5) is 25.1. The molecule has 0 spiro atoms. The number of aromatic nitrogens is 1. The van der Waals surface area contributed by atoms with Crippen molar-refractivity contribution < 1.29 is 15.0 Å². The SMILES string of the molecule is O=C(O)c1cc2c(O)cc(C3CCC3)cc2[nH]c1=O. The highest BCUT2D eigenvalue weighted by Gasteiger charge is 2.21. The van der Waals surface area contributed by atoms with Gasteiger partial charge in [0.1, 0.15) is 11.3 Å². The summed E-state index contributed by atoms with van der Waals surface area (Å²) in [6, 6.07) is 4.71. The lowest BCUT2D eigenvalue weighted by molar-refractivity contribution is 0.0695. The van der Waals surface area contributed by atoms with E-state index in [0.717, 1.165) is 18.4 Å². The number of hydrogen-bond acceptors (Lipinski definition) is 3. The van der Waals surface area contributed by atoms with E-state index in [1.54, 1.807) is 6.07 Å². The van der Waals surface area contributed by atoms with Crippen LogP contribution in [0.15, 0.2) is 23.0 Å². The van der Waals surface area contributed by atoms with Crippen LogP contribution in [0, 0.1) is 0 Å². The maximum atomic E-state index is 11.6. The van der Waals surface area contributed by atoms with Crippen molar-refractivity contribution in [2.24, 2.45) is 0 Å². The smallest absolute Gasteiger partial charge is 0.341 e. The quantitative estimate of drug-likeness (QED) is 0.771. The molecule has 98 valence electrons. The van der Waals surface area contributed by atoms with E-state index >= 15 is 0 Å². The Morgan fingerprint density at radius 2 is 2.00 bits per heavy atom. The Hall–Kier alpha value is -2.30. The van der Waals surface area contributed by atoms with Gasteiger partial charge in [0.15, 0.2) is 0 Å². The molecule has 0 saturated heterocycles. The van der Waals surface area contributed by atoms with E-state index in [2.05, 4.69) is 4.98 Å². The second kappa shape index (κ2) is 4.12. The molecule has 5 heteroatoms. The number of aromatic hydroxyl groups is 1. The first kappa shape index (κ1) is 11.8. The summed E-state index contributed by atoms with van der Waals surface area (Å²) >= 11 is 0. The highest BCUT2D eigenvalue weighted by Crippen LogP contribution is 2.39. The topological polar surface area (TPSA) is 90.4 Å². The lowest BCUT2D eigenvalue weighted by Crippen LogP contribution is -2.17. The van der Waals surface area contributed by atoms with Gasteiger partial charge in [0.25, 0.3) is 5.56 Å². The van der Waals surface area contributed by atoms with Crippen LogP contribution < -0.4 is 5.56 Å². The summed E-state index contributed by atoms with van der Waals surface area (Å²) in [6.07, 6.45) is 3.35. The summed E-state index contributed by atoms with van der Waals surface area (Å²) in [7, 11) is 0. The van der Waals surface area contributed by atoms with E-state index in [-0.39, 0.29) is 11.3 Å². The molecular formula is C14H13NO4. The number of hydrogen-bond donors (Lipinski definition) is 3. The van der Waals surface area contributed by atoms with Crippen LogP contribution in [0.1, 0.15) is 41.1 Å². The first-order valence-corrected chi connectivity index (χ1v) is 6.19. The van der Waals surface area contributed by atoms with E-state index in [1.165, 1.54) is 12.5 Å². The number of aromatic carboxylic acids is 1. The molecule has 1 saturated carbocycles. The predicted octanol–water partition coefficient (Wildman–Crippen LogP) is 2.20. The Morgan fingerprint density at radius 3 is 2.58 bits per heavy atom. The van der Waals surface area contributed by atoms with Crippen molar-refractivity contribution in [1.82, 2.24) is 4.98 Å². The zero-order valence-corrected chi connectivity index (χ0v) is 10.1. The Kier molecular flexibility index (Phi) is 2.55. The molecule has 0 amide bonds. The number of rotatable bonds is 2. The second-order valence-corrected chi connectivity index (χ2v) is 4.95. The maximum absolute atomic E-state index is 11.6. The molecule has 0 unspecified atom stereocenters. The third-order valence-electron chi connectivity index (χ3n) is 3.77. The van der Waals surface area contributed by atoms with Crippen molar-refractivity contribution in [2.75, 3.05) is 0 Å². The fraction of sp³-hybridized carbons (Fsp3) is 0.286. The van der Waals surface area contributed by atoms with Gasteiger partial charge in [-0.05, 0) is 42.5 Å². The maximum Gasteiger partial charge on any atom is 0.341 e. The molecule has 0 atom stereocenters. The standard InChI is InChI=1S/C14H13NO4/c16-12-5-8(7-2-1-3-7)4-11-9(12)6-10(14(18)19)13(17)15-11/h4-7,16H,1-3H2,(H,15,17)(H,18,19). The molecule has 1 heterocycles. The van der Waals surface area contributed by atoms with Crippen LogP contribution in [0.5, 0.6) is 5.75 Å². The van der Waals surface area contributed by atoms with Crippen LogP contribution in [0.3, 0.4) is 0 Å². The molecule has 1 aromatic heterocycles. The van der Waals surface area contributed by atoms with Crippen molar-refractivity contribution in [3.63, 3.8) is 0 Å². The van der Waals surface area contributed by atoms with E-state index in [4.69, 9.17) is 5.11 Å². The number of phenolic OH excluding ortho intramolecular Hbond substituents is 1. The van der Waals surface area contributed by atoms with Crippen LogP contribution in [0.25, 0.3) is 10.9 Å². The van der Waals surface area contributed by atoms with Crippen molar-refractivity contribution in [2.45, 2.75) is 25.2 Å². The molecule has 1 fully saturated rings. The van der Waals surface area contributed by atoms with E-state index in [1.807, 2.05) is 6.07 Å². The van der Waals surface area contributed by atoms with Crippen LogP contribution in [0.2, 0.25) is 0 Å². The predicted molar refractivity (Wildman–Crippen MR) is 69.8 cm³/mol. The van der Waals surface area contributed by atoms with Gasteiger partial charge >= 0.3 is 5.97 Å². The monoisotopic (exact) mass is 259 g/mol. The van der Waals surface area contributed by atoms with Gasteiger partial charge in [0.2, 0.25) is 0 Å². The van der Waals surface area contributed by atoms with Gasteiger partial charge in [0, 0.05) is 5.39 Å². The lowest BCUT2D eigenvalue weighted by atomic mass is 9.80. The number of aromatic amines is 1. The zero-order chi connectivity index (χ0) is 13.6. The molecule has 1 aliphatic carbocycles. The van der Waals surface area contributed by atoms with E-state index in [9.17, 15) is 14.7 Å². The Balaban J connectivity index is 2.23. The van der Waals surface area contributed by atoms with Gasteiger partial charge in [-0.2, -0.15) is 0 Å². The largest absolute Gasteiger partial charge is 0.507 e. The highest BCUT2D eigenvalue weighted by atomic mass is 16.4. The highest BCUT2D eigenvalue weighted by molar-refractivity contribution is 5.94. The summed E-state index contributed by atoms with van der Waals surface area (Å²) < 4.78 is 0. The van der Waals surface area contributed by atoms with Crippen molar-refractivity contribution >= 4 is 16.9 Å². The normalized spacial score (nSPS) is 15.4. The Labute approximate surface area is 108 Å². The lowest BCUT2D eigenvalue weighted by Gasteiger charge is -2.26. The molecule has 1 aromatic carbocycles. The second-order valence-electron chi connectivity index (χ2n) is 4.95. The molecular weight excluding hydrogens is 246 g/mol. The molecule has 19 heavy (non-hydrogen) atoms. The number of carboxylic acids is 1. The number of nitrogens with one attached hydrogen (secondary N) is 1. The minimum absolute atomic E-state index is 0.0122. The third kappa shape index (κ3) is 1.87. The summed E-state index contributed by atoms with van der Waals surface area (Å²) in [5.41, 5.74) is 0.469. The summed E-state index contributed by atoms with van der Waals surface area (Å²) in [5, 5.41) is 19.3. The fourth-order valence-corrected chi connectivity index (χ4v) is 2.45. The number of pyridine rings is 1. The molecule has 2 aromatic rings. The fourth-order valence-electron chi connectivity index (χ4n) is 2.45. The molecule has 0 radical (unpaired) electrons. The summed E-state index contributed by atoms with van der Waals surface area (Å²) in [5.74, 6) is -0.860.